The number of aromatic nitrogens is 1. The number of hydrogen-bond acceptors (Lipinski definition) is 6. The maximum absolute atomic E-state index is 11.1. The summed E-state index contributed by atoms with van der Waals surface area (Å²) in [6, 6.07) is 14.5. The van der Waals surface area contributed by atoms with Gasteiger partial charge < -0.3 is 24.1 Å². The van der Waals surface area contributed by atoms with E-state index in [2.05, 4.69) is 47.2 Å². The summed E-state index contributed by atoms with van der Waals surface area (Å²) in [5, 5.41) is 9.11. The molecule has 0 spiro atoms. The van der Waals surface area contributed by atoms with E-state index in [-0.39, 0.29) is 12.3 Å². The second-order valence-electron chi connectivity index (χ2n) is 9.65. The van der Waals surface area contributed by atoms with Crippen LogP contribution in [0.5, 0.6) is 5.75 Å². The molecule has 2 aromatic carbocycles. The molecule has 3 aromatic rings. The molecule has 5 rings (SSSR count). The van der Waals surface area contributed by atoms with E-state index < -0.39 is 5.97 Å². The van der Waals surface area contributed by atoms with Gasteiger partial charge in [-0.3, -0.25) is 4.79 Å². The summed E-state index contributed by atoms with van der Waals surface area (Å²) < 4.78 is 12.0. The number of carbonyl (C=O) groups is 1. The van der Waals surface area contributed by atoms with Crippen LogP contribution in [0.2, 0.25) is 0 Å². The van der Waals surface area contributed by atoms with Gasteiger partial charge in [0.25, 0.3) is 0 Å². The highest BCUT2D eigenvalue weighted by Crippen LogP contribution is 2.37. The normalized spacial score (nSPS) is 18.0. The van der Waals surface area contributed by atoms with Crippen LogP contribution in [-0.4, -0.2) is 60.8 Å². The predicted octanol–water partition coefficient (Wildman–Crippen LogP) is 4.53. The molecule has 1 aliphatic heterocycles. The molecule has 0 amide bonds. The summed E-state index contributed by atoms with van der Waals surface area (Å²) in [4.78, 5) is 20.6. The average Bonchev–Trinajstić information content (AvgIpc) is 3.42. The maximum Gasteiger partial charge on any atom is 0.303 e. The smallest absolute Gasteiger partial charge is 0.303 e. The number of carboxylic acids is 1. The molecule has 0 unspecified atom stereocenters. The Labute approximate surface area is 206 Å². The Morgan fingerprint density at radius 1 is 1.14 bits per heavy atom. The molecule has 7 nitrogen and oxygen atoms in total. The Balaban J connectivity index is 1.17. The van der Waals surface area contributed by atoms with Crippen LogP contribution in [0, 0.1) is 6.92 Å². The Morgan fingerprint density at radius 2 is 1.91 bits per heavy atom. The van der Waals surface area contributed by atoms with Gasteiger partial charge in [-0.2, -0.15) is 0 Å². The zero-order valence-corrected chi connectivity index (χ0v) is 20.5. The number of benzene rings is 2. The van der Waals surface area contributed by atoms with E-state index >= 15 is 0 Å². The molecule has 1 saturated heterocycles. The number of piperazine rings is 1. The molecule has 1 fully saturated rings. The first-order chi connectivity index (χ1) is 17.0. The van der Waals surface area contributed by atoms with Gasteiger partial charge in [-0.15, -0.1) is 0 Å². The summed E-state index contributed by atoms with van der Waals surface area (Å²) in [6.07, 6.45) is 2.65. The van der Waals surface area contributed by atoms with Gasteiger partial charge in [0.1, 0.15) is 11.5 Å². The predicted molar refractivity (Wildman–Crippen MR) is 135 cm³/mol. The number of ether oxygens (including phenoxy) is 1. The van der Waals surface area contributed by atoms with E-state index in [4.69, 9.17) is 19.2 Å². The molecule has 7 heteroatoms. The lowest BCUT2D eigenvalue weighted by atomic mass is 9.98. The fraction of sp³-hybridized carbons (Fsp3) is 0.429. The Bertz CT molecular complexity index is 1180. The quantitative estimate of drug-likeness (QED) is 0.513. The minimum Gasteiger partial charge on any atom is -0.493 e. The van der Waals surface area contributed by atoms with Crippen molar-refractivity contribution in [3.05, 3.63) is 65.0 Å². The first-order valence-corrected chi connectivity index (χ1v) is 12.4. The lowest BCUT2D eigenvalue weighted by molar-refractivity contribution is -0.137. The number of anilines is 1. The van der Waals surface area contributed by atoms with Crippen molar-refractivity contribution < 1.29 is 19.1 Å². The number of nitrogens with zero attached hydrogens (tertiary/aromatic N) is 3. The van der Waals surface area contributed by atoms with Crippen molar-refractivity contribution in [2.45, 2.75) is 38.5 Å². The molecule has 35 heavy (non-hydrogen) atoms. The maximum atomic E-state index is 11.1. The second kappa shape index (κ2) is 10.1. The van der Waals surface area contributed by atoms with Crippen molar-refractivity contribution >= 4 is 11.7 Å². The summed E-state index contributed by atoms with van der Waals surface area (Å²) in [6.45, 7) is 6.72. The molecule has 184 valence electrons. The number of aryl methyl sites for hydroxylation is 2. The summed E-state index contributed by atoms with van der Waals surface area (Å²) in [5.74, 6) is 1.65. The second-order valence-corrected chi connectivity index (χ2v) is 9.65. The molecular formula is C28H33N3O4. The third-order valence-corrected chi connectivity index (χ3v) is 7.22. The van der Waals surface area contributed by atoms with Crippen LogP contribution >= 0.6 is 0 Å². The van der Waals surface area contributed by atoms with Gasteiger partial charge >= 0.3 is 5.97 Å². The number of hydrogen-bond donors (Lipinski definition) is 1. The SMILES string of the molecule is Cc1oc(-c2ccc(N3CCN(C)CC3)cc2)nc1CCOc1ccc2c(c1)CC[C@H]2CC(=O)O. The van der Waals surface area contributed by atoms with E-state index in [1.165, 1.54) is 11.3 Å². The molecule has 1 N–H and O–H groups in total. The molecular weight excluding hydrogens is 442 g/mol. The van der Waals surface area contributed by atoms with Crippen molar-refractivity contribution in [2.75, 3.05) is 44.7 Å². The largest absolute Gasteiger partial charge is 0.493 e. The van der Waals surface area contributed by atoms with Crippen molar-refractivity contribution in [3.8, 4) is 17.2 Å². The minimum absolute atomic E-state index is 0.114. The van der Waals surface area contributed by atoms with Gasteiger partial charge in [0.05, 0.1) is 18.7 Å². The average molecular weight is 476 g/mol. The monoisotopic (exact) mass is 475 g/mol. The number of likely N-dealkylation sites (N-methyl/N-ethyl adjacent to an activating group) is 1. The van der Waals surface area contributed by atoms with Crippen LogP contribution < -0.4 is 9.64 Å². The summed E-state index contributed by atoms with van der Waals surface area (Å²) in [7, 11) is 2.17. The van der Waals surface area contributed by atoms with Gasteiger partial charge in [-0.25, -0.2) is 4.98 Å². The van der Waals surface area contributed by atoms with Crippen LogP contribution in [0.25, 0.3) is 11.5 Å². The fourth-order valence-electron chi connectivity index (χ4n) is 5.12. The Kier molecular flexibility index (Phi) is 6.77. The Hall–Kier alpha value is -3.32. The van der Waals surface area contributed by atoms with Crippen LogP contribution in [0.4, 0.5) is 5.69 Å². The van der Waals surface area contributed by atoms with E-state index in [1.54, 1.807) is 0 Å². The third kappa shape index (κ3) is 5.35. The molecule has 2 heterocycles. The number of rotatable bonds is 8. The lowest BCUT2D eigenvalue weighted by Gasteiger charge is -2.34. The van der Waals surface area contributed by atoms with Crippen LogP contribution in [0.1, 0.15) is 41.3 Å². The number of carboxylic acid groups (broad SMARTS) is 1. The van der Waals surface area contributed by atoms with Crippen LogP contribution in [-0.2, 0) is 17.6 Å². The molecule has 0 radical (unpaired) electrons. The fourth-order valence-corrected chi connectivity index (χ4v) is 5.12. The summed E-state index contributed by atoms with van der Waals surface area (Å²) in [5.41, 5.74) is 5.48. The first kappa shape index (κ1) is 23.4. The number of aliphatic carboxylic acids is 1. The highest BCUT2D eigenvalue weighted by molar-refractivity contribution is 5.68. The van der Waals surface area contributed by atoms with Crippen molar-refractivity contribution in [3.63, 3.8) is 0 Å². The standard InChI is InChI=1S/C28H33N3O4/c1-19-26(11-16-34-24-9-10-25-21(17-24)3-4-22(25)18-27(32)33)29-28(35-19)20-5-7-23(8-6-20)31-14-12-30(2)13-15-31/h5-10,17,22H,3-4,11-16,18H2,1-2H3,(H,32,33)/t22-/m0/s1. The first-order valence-electron chi connectivity index (χ1n) is 12.4. The van der Waals surface area contributed by atoms with E-state index in [9.17, 15) is 4.79 Å². The highest BCUT2D eigenvalue weighted by Gasteiger charge is 2.25. The van der Waals surface area contributed by atoms with Gasteiger partial charge in [-0.05, 0) is 80.3 Å². The van der Waals surface area contributed by atoms with Gasteiger partial charge in [0, 0.05) is 43.9 Å². The van der Waals surface area contributed by atoms with Crippen LogP contribution in [0.15, 0.2) is 46.9 Å². The lowest BCUT2D eigenvalue weighted by Crippen LogP contribution is -2.44. The van der Waals surface area contributed by atoms with Gasteiger partial charge in [-0.1, -0.05) is 6.07 Å². The number of oxazole rings is 1. The molecule has 1 aromatic heterocycles. The van der Waals surface area contributed by atoms with E-state index in [0.717, 1.165) is 67.4 Å². The third-order valence-electron chi connectivity index (χ3n) is 7.22. The topological polar surface area (TPSA) is 79.0 Å². The van der Waals surface area contributed by atoms with Crippen molar-refractivity contribution in [1.29, 1.82) is 0 Å². The van der Waals surface area contributed by atoms with Crippen molar-refractivity contribution in [1.82, 2.24) is 9.88 Å². The van der Waals surface area contributed by atoms with E-state index in [1.807, 2.05) is 19.1 Å². The van der Waals surface area contributed by atoms with Gasteiger partial charge in [0.15, 0.2) is 0 Å². The van der Waals surface area contributed by atoms with Crippen molar-refractivity contribution in [2.24, 2.45) is 0 Å². The minimum atomic E-state index is -0.739. The summed E-state index contributed by atoms with van der Waals surface area (Å²) >= 11 is 0. The Morgan fingerprint density at radius 3 is 2.66 bits per heavy atom. The molecule has 2 aliphatic rings. The molecule has 0 bridgehead atoms. The zero-order valence-electron chi connectivity index (χ0n) is 20.5. The highest BCUT2D eigenvalue weighted by atomic mass is 16.5. The van der Waals surface area contributed by atoms with Gasteiger partial charge in [0.2, 0.25) is 5.89 Å². The molecule has 0 saturated carbocycles. The molecule has 1 aliphatic carbocycles. The van der Waals surface area contributed by atoms with E-state index in [0.29, 0.717) is 18.9 Å². The molecule has 1 atom stereocenters. The number of fused-ring (bicyclic) bond motifs is 1. The van der Waals surface area contributed by atoms with Crippen LogP contribution in [0.3, 0.4) is 0 Å². The zero-order chi connectivity index (χ0) is 24.4.